The highest BCUT2D eigenvalue weighted by molar-refractivity contribution is 5.87. The van der Waals surface area contributed by atoms with E-state index in [0.29, 0.717) is 19.3 Å². The van der Waals surface area contributed by atoms with Crippen molar-refractivity contribution in [3.8, 4) is 0 Å². The second-order valence-electron chi connectivity index (χ2n) is 6.28. The zero-order valence-electron chi connectivity index (χ0n) is 12.1. The van der Waals surface area contributed by atoms with E-state index in [-0.39, 0.29) is 11.8 Å². The van der Waals surface area contributed by atoms with Crippen molar-refractivity contribution in [1.82, 2.24) is 5.32 Å². The number of hydrogen-bond donors (Lipinski definition) is 2. The van der Waals surface area contributed by atoms with Gasteiger partial charge in [-0.3, -0.25) is 4.79 Å². The summed E-state index contributed by atoms with van der Waals surface area (Å²) < 4.78 is 0. The molecule has 3 rings (SSSR count). The lowest BCUT2D eigenvalue weighted by Crippen LogP contribution is -2.52. The van der Waals surface area contributed by atoms with Crippen molar-refractivity contribution in [2.45, 2.75) is 56.4 Å². The highest BCUT2D eigenvalue weighted by Gasteiger charge is 2.42. The number of amides is 1. The third-order valence-electron chi connectivity index (χ3n) is 4.93. The van der Waals surface area contributed by atoms with Gasteiger partial charge < -0.3 is 10.4 Å². The van der Waals surface area contributed by atoms with Gasteiger partial charge in [0.1, 0.15) is 5.54 Å². The fraction of sp³-hybridized carbons (Fsp3) is 0.529. The molecule has 1 aromatic carbocycles. The zero-order chi connectivity index (χ0) is 14.9. The van der Waals surface area contributed by atoms with Gasteiger partial charge in [0.25, 0.3) is 0 Å². The molecule has 21 heavy (non-hydrogen) atoms. The summed E-state index contributed by atoms with van der Waals surface area (Å²) in [6, 6.07) is 8.23. The Kier molecular flexibility index (Phi) is 3.70. The fourth-order valence-corrected chi connectivity index (χ4v) is 3.77. The molecule has 1 saturated carbocycles. The van der Waals surface area contributed by atoms with E-state index in [4.69, 9.17) is 0 Å². The molecule has 4 nitrogen and oxygen atoms in total. The third kappa shape index (κ3) is 2.67. The lowest BCUT2D eigenvalue weighted by molar-refractivity contribution is -0.147. The van der Waals surface area contributed by atoms with E-state index in [2.05, 4.69) is 17.4 Å². The van der Waals surface area contributed by atoms with Crippen LogP contribution in [-0.4, -0.2) is 22.5 Å². The molecule has 1 atom stereocenters. The van der Waals surface area contributed by atoms with Gasteiger partial charge in [-0.2, -0.15) is 0 Å². The molecule has 2 aliphatic rings. The first-order valence-electron chi connectivity index (χ1n) is 7.73. The van der Waals surface area contributed by atoms with Crippen LogP contribution < -0.4 is 5.32 Å². The predicted molar refractivity (Wildman–Crippen MR) is 79.1 cm³/mol. The zero-order valence-corrected chi connectivity index (χ0v) is 12.1. The topological polar surface area (TPSA) is 66.4 Å². The van der Waals surface area contributed by atoms with Gasteiger partial charge in [-0.05, 0) is 42.7 Å². The number of carbonyl (C=O) groups excluding carboxylic acids is 1. The Bertz CT molecular complexity index is 561. The van der Waals surface area contributed by atoms with E-state index >= 15 is 0 Å². The van der Waals surface area contributed by atoms with Crippen LogP contribution in [0.2, 0.25) is 0 Å². The number of rotatable bonds is 4. The van der Waals surface area contributed by atoms with Crippen LogP contribution in [0.1, 0.15) is 55.6 Å². The first-order chi connectivity index (χ1) is 10.1. The highest BCUT2D eigenvalue weighted by Crippen LogP contribution is 2.36. The Labute approximate surface area is 124 Å². The summed E-state index contributed by atoms with van der Waals surface area (Å²) in [5.41, 5.74) is 1.56. The minimum absolute atomic E-state index is 0.124. The Morgan fingerprint density at radius 2 is 1.95 bits per heavy atom. The molecule has 0 saturated heterocycles. The predicted octanol–water partition coefficient (Wildman–Crippen LogP) is 2.62. The maximum absolute atomic E-state index is 12.3. The second-order valence-corrected chi connectivity index (χ2v) is 6.28. The smallest absolute Gasteiger partial charge is 0.329 e. The molecule has 0 aliphatic heterocycles. The molecule has 0 aromatic heterocycles. The quantitative estimate of drug-likeness (QED) is 0.894. The van der Waals surface area contributed by atoms with Crippen molar-refractivity contribution in [2.75, 3.05) is 0 Å². The van der Waals surface area contributed by atoms with Crippen LogP contribution >= 0.6 is 0 Å². The van der Waals surface area contributed by atoms with E-state index in [1.165, 1.54) is 11.1 Å². The van der Waals surface area contributed by atoms with Crippen LogP contribution in [0.15, 0.2) is 24.3 Å². The number of aryl methyl sites for hydroxylation is 1. The monoisotopic (exact) mass is 287 g/mol. The number of nitrogens with one attached hydrogen (secondary N) is 1. The summed E-state index contributed by atoms with van der Waals surface area (Å²) in [6.45, 7) is 0. The van der Waals surface area contributed by atoms with E-state index in [9.17, 15) is 14.7 Å². The molecule has 1 amide bonds. The molecule has 0 radical (unpaired) electrons. The summed E-state index contributed by atoms with van der Waals surface area (Å²) >= 11 is 0. The van der Waals surface area contributed by atoms with Gasteiger partial charge in [0.15, 0.2) is 0 Å². The fourth-order valence-electron chi connectivity index (χ4n) is 3.77. The van der Waals surface area contributed by atoms with Gasteiger partial charge in [0.2, 0.25) is 5.91 Å². The summed E-state index contributed by atoms with van der Waals surface area (Å²) in [5.74, 6) is -0.783. The third-order valence-corrected chi connectivity index (χ3v) is 4.93. The highest BCUT2D eigenvalue weighted by atomic mass is 16.4. The van der Waals surface area contributed by atoms with Crippen molar-refractivity contribution >= 4 is 11.9 Å². The Hall–Kier alpha value is -1.84. The number of aliphatic carboxylic acids is 1. The first kappa shape index (κ1) is 14.1. The lowest BCUT2D eigenvalue weighted by atomic mass is 9.94. The van der Waals surface area contributed by atoms with Crippen molar-refractivity contribution in [3.63, 3.8) is 0 Å². The van der Waals surface area contributed by atoms with Crippen LogP contribution in [-0.2, 0) is 16.0 Å². The molecule has 1 fully saturated rings. The van der Waals surface area contributed by atoms with Gasteiger partial charge in [0.05, 0.1) is 0 Å². The van der Waals surface area contributed by atoms with E-state index in [1.807, 2.05) is 12.1 Å². The van der Waals surface area contributed by atoms with E-state index < -0.39 is 11.5 Å². The maximum atomic E-state index is 12.3. The standard InChI is InChI=1S/C17H21NO3/c19-15(18-17(16(20)21)9-3-4-10-17)11-13-8-7-12-5-1-2-6-14(12)13/h1-2,5-6,13H,3-4,7-11H2,(H,18,19)(H,20,21)/t13-/m0/s1. The minimum Gasteiger partial charge on any atom is -0.480 e. The molecule has 0 heterocycles. The van der Waals surface area contributed by atoms with Gasteiger partial charge in [-0.25, -0.2) is 4.79 Å². The molecule has 112 valence electrons. The molecule has 0 unspecified atom stereocenters. The Morgan fingerprint density at radius 1 is 1.24 bits per heavy atom. The van der Waals surface area contributed by atoms with Crippen LogP contribution in [0.25, 0.3) is 0 Å². The molecule has 0 bridgehead atoms. The Morgan fingerprint density at radius 3 is 2.67 bits per heavy atom. The molecule has 4 heteroatoms. The van der Waals surface area contributed by atoms with E-state index in [1.54, 1.807) is 0 Å². The van der Waals surface area contributed by atoms with Gasteiger partial charge in [-0.15, -0.1) is 0 Å². The molecule has 0 spiro atoms. The molecule has 2 aliphatic carbocycles. The van der Waals surface area contributed by atoms with Crippen molar-refractivity contribution in [3.05, 3.63) is 35.4 Å². The van der Waals surface area contributed by atoms with Crippen molar-refractivity contribution in [1.29, 1.82) is 0 Å². The van der Waals surface area contributed by atoms with Gasteiger partial charge >= 0.3 is 5.97 Å². The van der Waals surface area contributed by atoms with Gasteiger partial charge in [0, 0.05) is 6.42 Å². The summed E-state index contributed by atoms with van der Waals surface area (Å²) in [7, 11) is 0. The number of carboxylic acid groups (broad SMARTS) is 1. The normalized spacial score (nSPS) is 22.8. The summed E-state index contributed by atoms with van der Waals surface area (Å²) in [4.78, 5) is 23.8. The molecular formula is C17H21NO3. The number of hydrogen-bond acceptors (Lipinski definition) is 2. The van der Waals surface area contributed by atoms with E-state index in [0.717, 1.165) is 25.7 Å². The van der Waals surface area contributed by atoms with Gasteiger partial charge in [-0.1, -0.05) is 37.1 Å². The molecule has 2 N–H and O–H groups in total. The maximum Gasteiger partial charge on any atom is 0.329 e. The van der Waals surface area contributed by atoms with Crippen LogP contribution in [0.5, 0.6) is 0 Å². The largest absolute Gasteiger partial charge is 0.480 e. The number of carbonyl (C=O) groups is 2. The molecular weight excluding hydrogens is 266 g/mol. The van der Waals surface area contributed by atoms with Crippen LogP contribution in [0.4, 0.5) is 0 Å². The number of carboxylic acids is 1. The average Bonchev–Trinajstić information content (AvgIpc) is 3.08. The number of fused-ring (bicyclic) bond motifs is 1. The lowest BCUT2D eigenvalue weighted by Gasteiger charge is -2.26. The summed E-state index contributed by atoms with van der Waals surface area (Å²) in [5, 5.41) is 12.2. The number of benzene rings is 1. The minimum atomic E-state index is -1.02. The Balaban J connectivity index is 1.66. The summed E-state index contributed by atoms with van der Waals surface area (Å²) in [6.07, 6.45) is 5.24. The van der Waals surface area contributed by atoms with Crippen LogP contribution in [0, 0.1) is 0 Å². The van der Waals surface area contributed by atoms with Crippen molar-refractivity contribution in [2.24, 2.45) is 0 Å². The van der Waals surface area contributed by atoms with Crippen molar-refractivity contribution < 1.29 is 14.7 Å². The SMILES string of the molecule is O=C(C[C@@H]1CCc2ccccc21)NC1(C(=O)O)CCCC1. The second kappa shape index (κ2) is 5.51. The molecule has 1 aromatic rings. The first-order valence-corrected chi connectivity index (χ1v) is 7.73. The van der Waals surface area contributed by atoms with Crippen LogP contribution in [0.3, 0.4) is 0 Å². The average molecular weight is 287 g/mol.